The fourth-order valence-electron chi connectivity index (χ4n) is 3.63. The number of nitrogens with zero attached hydrogens (tertiary/aromatic N) is 2. The molecule has 5 heteroatoms. The van der Waals surface area contributed by atoms with E-state index >= 15 is 0 Å². The van der Waals surface area contributed by atoms with Gasteiger partial charge in [-0.15, -0.1) is 11.3 Å². The zero-order valence-corrected chi connectivity index (χ0v) is 14.2. The topological polar surface area (TPSA) is 32.8 Å². The molecule has 2 aliphatic rings. The second-order valence-corrected chi connectivity index (χ2v) is 7.37. The van der Waals surface area contributed by atoms with Crippen molar-refractivity contribution in [3.05, 3.63) is 22.4 Å². The SMILES string of the molecule is COC1CCN(C2CCN(C(=O)Cc3cccs3)CC2)CC1. The van der Waals surface area contributed by atoms with Crippen molar-refractivity contribution in [2.45, 2.75) is 44.2 Å². The number of ether oxygens (including phenoxy) is 1. The first-order valence-electron chi connectivity index (χ1n) is 8.33. The van der Waals surface area contributed by atoms with Gasteiger partial charge in [-0.05, 0) is 37.1 Å². The Kier molecular flexibility index (Phi) is 5.50. The molecule has 1 aromatic rings. The van der Waals surface area contributed by atoms with E-state index in [-0.39, 0.29) is 0 Å². The Morgan fingerprint density at radius 2 is 1.95 bits per heavy atom. The van der Waals surface area contributed by atoms with Crippen LogP contribution in [0.4, 0.5) is 0 Å². The zero-order valence-electron chi connectivity index (χ0n) is 13.4. The largest absolute Gasteiger partial charge is 0.381 e. The zero-order chi connectivity index (χ0) is 15.4. The highest BCUT2D eigenvalue weighted by Crippen LogP contribution is 2.22. The molecule has 3 rings (SSSR count). The summed E-state index contributed by atoms with van der Waals surface area (Å²) < 4.78 is 5.45. The molecule has 2 saturated heterocycles. The summed E-state index contributed by atoms with van der Waals surface area (Å²) in [4.78, 5) is 18.2. The molecule has 0 radical (unpaired) electrons. The summed E-state index contributed by atoms with van der Waals surface area (Å²) in [6, 6.07) is 4.72. The Labute approximate surface area is 137 Å². The minimum Gasteiger partial charge on any atom is -0.381 e. The Hall–Kier alpha value is -0.910. The molecule has 0 unspecified atom stereocenters. The first-order chi connectivity index (χ1) is 10.8. The van der Waals surface area contributed by atoms with Crippen LogP contribution in [-0.4, -0.2) is 61.1 Å². The van der Waals surface area contributed by atoms with E-state index in [0.717, 1.165) is 51.9 Å². The van der Waals surface area contributed by atoms with Crippen LogP contribution < -0.4 is 0 Å². The average Bonchev–Trinajstić information content (AvgIpc) is 3.08. The number of carbonyl (C=O) groups excluding carboxylic acids is 1. The highest BCUT2D eigenvalue weighted by molar-refractivity contribution is 7.10. The summed E-state index contributed by atoms with van der Waals surface area (Å²) in [6.45, 7) is 4.12. The van der Waals surface area contributed by atoms with E-state index in [2.05, 4.69) is 15.9 Å². The molecule has 0 saturated carbocycles. The van der Waals surface area contributed by atoms with Crippen molar-refractivity contribution in [3.63, 3.8) is 0 Å². The summed E-state index contributed by atoms with van der Waals surface area (Å²) in [5.41, 5.74) is 0. The van der Waals surface area contributed by atoms with Crippen LogP contribution >= 0.6 is 11.3 Å². The van der Waals surface area contributed by atoms with Crippen molar-refractivity contribution in [1.29, 1.82) is 0 Å². The Morgan fingerprint density at radius 1 is 1.23 bits per heavy atom. The van der Waals surface area contributed by atoms with E-state index < -0.39 is 0 Å². The van der Waals surface area contributed by atoms with Gasteiger partial charge in [-0.1, -0.05) is 6.07 Å². The number of amides is 1. The standard InChI is InChI=1S/C17H26N2O2S/c1-21-15-6-10-18(11-7-15)14-4-8-19(9-5-14)17(20)13-16-3-2-12-22-16/h2-3,12,14-15H,4-11,13H2,1H3. The summed E-state index contributed by atoms with van der Waals surface area (Å²) >= 11 is 1.67. The van der Waals surface area contributed by atoms with Crippen molar-refractivity contribution in [2.24, 2.45) is 0 Å². The molecule has 0 spiro atoms. The fourth-order valence-corrected chi connectivity index (χ4v) is 4.33. The van der Waals surface area contributed by atoms with Gasteiger partial charge in [-0.3, -0.25) is 4.79 Å². The van der Waals surface area contributed by atoms with Gasteiger partial charge >= 0.3 is 0 Å². The number of thiophene rings is 1. The third kappa shape index (κ3) is 3.89. The van der Waals surface area contributed by atoms with Crippen molar-refractivity contribution < 1.29 is 9.53 Å². The second kappa shape index (κ2) is 7.57. The number of piperidine rings is 2. The van der Waals surface area contributed by atoms with Crippen molar-refractivity contribution in [2.75, 3.05) is 33.3 Å². The van der Waals surface area contributed by atoms with Crippen molar-refractivity contribution >= 4 is 17.2 Å². The van der Waals surface area contributed by atoms with E-state index in [1.165, 1.54) is 4.88 Å². The first-order valence-corrected chi connectivity index (χ1v) is 9.21. The van der Waals surface area contributed by atoms with Crippen LogP contribution in [-0.2, 0) is 16.0 Å². The quantitative estimate of drug-likeness (QED) is 0.853. The third-order valence-corrected chi connectivity index (χ3v) is 5.93. The lowest BCUT2D eigenvalue weighted by atomic mass is 9.98. The van der Waals surface area contributed by atoms with Crippen LogP contribution in [0.3, 0.4) is 0 Å². The molecule has 4 nitrogen and oxygen atoms in total. The Balaban J connectivity index is 1.43. The molecule has 122 valence electrons. The highest BCUT2D eigenvalue weighted by atomic mass is 32.1. The van der Waals surface area contributed by atoms with E-state index in [0.29, 0.717) is 24.5 Å². The van der Waals surface area contributed by atoms with Crippen molar-refractivity contribution in [3.8, 4) is 0 Å². The monoisotopic (exact) mass is 322 g/mol. The molecule has 1 aromatic heterocycles. The van der Waals surface area contributed by atoms with Crippen LogP contribution in [0.25, 0.3) is 0 Å². The Morgan fingerprint density at radius 3 is 2.55 bits per heavy atom. The molecule has 0 atom stereocenters. The Bertz CT molecular complexity index is 461. The maximum Gasteiger partial charge on any atom is 0.227 e. The van der Waals surface area contributed by atoms with Crippen LogP contribution in [0.1, 0.15) is 30.6 Å². The van der Waals surface area contributed by atoms with Gasteiger partial charge in [0, 0.05) is 44.2 Å². The normalized spacial score (nSPS) is 22.1. The summed E-state index contributed by atoms with van der Waals surface area (Å²) in [5, 5.41) is 2.04. The maximum atomic E-state index is 12.3. The summed E-state index contributed by atoms with van der Waals surface area (Å²) in [5.74, 6) is 0.291. The number of rotatable bonds is 4. The first kappa shape index (κ1) is 16.0. The second-order valence-electron chi connectivity index (χ2n) is 6.34. The van der Waals surface area contributed by atoms with E-state index in [4.69, 9.17) is 4.74 Å². The van der Waals surface area contributed by atoms with E-state index in [1.807, 2.05) is 18.6 Å². The number of carbonyl (C=O) groups is 1. The minimum atomic E-state index is 0.291. The highest BCUT2D eigenvalue weighted by Gasteiger charge is 2.29. The van der Waals surface area contributed by atoms with Crippen molar-refractivity contribution in [1.82, 2.24) is 9.80 Å². The van der Waals surface area contributed by atoms with Gasteiger partial charge in [0.15, 0.2) is 0 Å². The lowest BCUT2D eigenvalue weighted by Crippen LogP contribution is -2.49. The summed E-state index contributed by atoms with van der Waals surface area (Å²) in [6.07, 6.45) is 5.55. The number of hydrogen-bond acceptors (Lipinski definition) is 4. The maximum absolute atomic E-state index is 12.3. The minimum absolute atomic E-state index is 0.291. The van der Waals surface area contributed by atoms with Gasteiger partial charge in [0.2, 0.25) is 5.91 Å². The van der Waals surface area contributed by atoms with Crippen LogP contribution in [0.5, 0.6) is 0 Å². The molecule has 0 N–H and O–H groups in total. The molecular weight excluding hydrogens is 296 g/mol. The van der Waals surface area contributed by atoms with Gasteiger partial charge in [-0.2, -0.15) is 0 Å². The predicted octanol–water partition coefficient (Wildman–Crippen LogP) is 2.39. The van der Waals surface area contributed by atoms with Gasteiger partial charge in [0.25, 0.3) is 0 Å². The number of likely N-dealkylation sites (tertiary alicyclic amines) is 2. The van der Waals surface area contributed by atoms with Gasteiger partial charge in [-0.25, -0.2) is 0 Å². The predicted molar refractivity (Wildman–Crippen MR) is 89.2 cm³/mol. The molecular formula is C17H26N2O2S. The molecule has 1 amide bonds. The molecule has 2 fully saturated rings. The smallest absolute Gasteiger partial charge is 0.227 e. The van der Waals surface area contributed by atoms with E-state index in [1.54, 1.807) is 11.3 Å². The molecule has 0 bridgehead atoms. The number of hydrogen-bond donors (Lipinski definition) is 0. The van der Waals surface area contributed by atoms with Gasteiger partial charge < -0.3 is 14.5 Å². The number of methoxy groups -OCH3 is 1. The van der Waals surface area contributed by atoms with Gasteiger partial charge in [0.05, 0.1) is 12.5 Å². The molecule has 0 aliphatic carbocycles. The molecule has 0 aromatic carbocycles. The molecule has 22 heavy (non-hydrogen) atoms. The fraction of sp³-hybridized carbons (Fsp3) is 0.706. The third-order valence-electron chi connectivity index (χ3n) is 5.05. The molecule has 3 heterocycles. The summed E-state index contributed by atoms with van der Waals surface area (Å²) in [7, 11) is 1.82. The average molecular weight is 322 g/mol. The van der Waals surface area contributed by atoms with E-state index in [9.17, 15) is 4.79 Å². The lowest BCUT2D eigenvalue weighted by molar-refractivity contribution is -0.132. The lowest BCUT2D eigenvalue weighted by Gasteiger charge is -2.41. The molecule has 2 aliphatic heterocycles. The van der Waals surface area contributed by atoms with Crippen LogP contribution in [0, 0.1) is 0 Å². The van der Waals surface area contributed by atoms with Gasteiger partial charge in [0.1, 0.15) is 0 Å². The van der Waals surface area contributed by atoms with Crippen LogP contribution in [0.15, 0.2) is 17.5 Å². The van der Waals surface area contributed by atoms with Crippen LogP contribution in [0.2, 0.25) is 0 Å².